The molecule has 0 radical (unpaired) electrons. The molecule has 0 bridgehead atoms. The van der Waals surface area contributed by atoms with Crippen molar-refractivity contribution < 1.29 is 8.81 Å². The Hall–Kier alpha value is -0.880. The summed E-state index contributed by atoms with van der Waals surface area (Å²) in [5.74, 6) is 1.37. The number of hydrogen-bond acceptors (Lipinski definition) is 2. The van der Waals surface area contributed by atoms with Gasteiger partial charge < -0.3 is 10.2 Å². The average Bonchev–Trinajstić information content (AvgIpc) is 2.76. The summed E-state index contributed by atoms with van der Waals surface area (Å²) in [7, 11) is 0. The molecule has 0 spiro atoms. The van der Waals surface area contributed by atoms with E-state index in [-0.39, 0.29) is 11.9 Å². The number of rotatable bonds is 3. The Bertz CT molecular complexity index is 524. The highest BCUT2D eigenvalue weighted by Crippen LogP contribution is 2.26. The lowest BCUT2D eigenvalue weighted by molar-refractivity contribution is 0.453. The minimum atomic E-state index is -0.345. The molecule has 1 unspecified atom stereocenters. The van der Waals surface area contributed by atoms with Crippen LogP contribution in [-0.2, 0) is 6.42 Å². The fraction of sp³-hybridized carbons (Fsp3) is 0.231. The van der Waals surface area contributed by atoms with Crippen molar-refractivity contribution in [2.24, 2.45) is 5.73 Å². The third-order valence-electron chi connectivity index (χ3n) is 2.63. The van der Waals surface area contributed by atoms with Crippen LogP contribution in [0.2, 0.25) is 0 Å². The molecule has 2 rings (SSSR count). The van der Waals surface area contributed by atoms with E-state index in [9.17, 15) is 4.39 Å². The Kier molecular flexibility index (Phi) is 3.83. The average molecular weight is 345 g/mol. The van der Waals surface area contributed by atoms with Crippen molar-refractivity contribution in [3.8, 4) is 0 Å². The molecule has 2 nitrogen and oxygen atoms in total. The number of furan rings is 1. The maximum Gasteiger partial charge on any atom is 0.125 e. The van der Waals surface area contributed by atoms with Crippen LogP contribution in [0.1, 0.15) is 30.0 Å². The number of hydrogen-bond donors (Lipinski definition) is 1. The molecular formula is C13H13FINO. The Morgan fingerprint density at radius 2 is 2.12 bits per heavy atom. The molecule has 0 amide bonds. The Morgan fingerprint density at radius 1 is 1.35 bits per heavy atom. The van der Waals surface area contributed by atoms with E-state index >= 15 is 0 Å². The van der Waals surface area contributed by atoms with E-state index in [1.807, 2.05) is 19.1 Å². The van der Waals surface area contributed by atoms with Gasteiger partial charge in [-0.3, -0.25) is 0 Å². The molecule has 1 heterocycles. The smallest absolute Gasteiger partial charge is 0.125 e. The number of benzene rings is 1. The summed E-state index contributed by atoms with van der Waals surface area (Å²) in [4.78, 5) is 0. The van der Waals surface area contributed by atoms with Gasteiger partial charge in [0.05, 0.1) is 6.04 Å². The van der Waals surface area contributed by atoms with Crippen LogP contribution >= 0.6 is 22.6 Å². The molecule has 90 valence electrons. The van der Waals surface area contributed by atoms with Crippen molar-refractivity contribution in [1.82, 2.24) is 0 Å². The lowest BCUT2D eigenvalue weighted by Crippen LogP contribution is -2.12. The predicted octanol–water partition coefficient (Wildman–Crippen LogP) is 3.63. The van der Waals surface area contributed by atoms with Gasteiger partial charge >= 0.3 is 0 Å². The van der Waals surface area contributed by atoms with Gasteiger partial charge in [-0.1, -0.05) is 13.0 Å². The van der Waals surface area contributed by atoms with E-state index in [2.05, 4.69) is 22.6 Å². The summed E-state index contributed by atoms with van der Waals surface area (Å²) >= 11 is 2.08. The fourth-order valence-electron chi connectivity index (χ4n) is 1.66. The van der Waals surface area contributed by atoms with Crippen LogP contribution in [0.5, 0.6) is 0 Å². The van der Waals surface area contributed by atoms with Crippen LogP contribution in [0.15, 0.2) is 34.7 Å². The summed E-state index contributed by atoms with van der Waals surface area (Å²) in [6.07, 6.45) is 0.841. The molecule has 4 heteroatoms. The normalized spacial score (nSPS) is 12.7. The van der Waals surface area contributed by atoms with E-state index in [1.54, 1.807) is 6.07 Å². The number of halogens is 2. The molecular weight excluding hydrogens is 332 g/mol. The topological polar surface area (TPSA) is 39.2 Å². The van der Waals surface area contributed by atoms with Gasteiger partial charge in [0.1, 0.15) is 17.3 Å². The summed E-state index contributed by atoms with van der Waals surface area (Å²) in [5, 5.41) is 0. The van der Waals surface area contributed by atoms with E-state index in [0.717, 1.165) is 21.3 Å². The second-order valence-electron chi connectivity index (χ2n) is 3.80. The molecule has 2 aromatic rings. The standard InChI is InChI=1S/C13H13FINO/c1-2-9-4-6-12(17-9)13(16)10-5-3-8(14)7-11(10)15/h3-7,13H,2,16H2,1H3. The van der Waals surface area contributed by atoms with Crippen LogP contribution in [0.4, 0.5) is 4.39 Å². The first-order valence-corrected chi connectivity index (χ1v) is 6.49. The molecule has 0 aliphatic rings. The Morgan fingerprint density at radius 3 is 2.71 bits per heavy atom. The van der Waals surface area contributed by atoms with Gasteiger partial charge in [-0.15, -0.1) is 0 Å². The quantitative estimate of drug-likeness (QED) is 0.863. The van der Waals surface area contributed by atoms with Crippen LogP contribution < -0.4 is 5.73 Å². The van der Waals surface area contributed by atoms with Gasteiger partial charge in [0, 0.05) is 9.99 Å². The minimum Gasteiger partial charge on any atom is -0.464 e. The molecule has 0 aliphatic carbocycles. The number of aryl methyl sites for hydroxylation is 1. The van der Waals surface area contributed by atoms with E-state index in [0.29, 0.717) is 5.76 Å². The highest BCUT2D eigenvalue weighted by Gasteiger charge is 2.16. The molecule has 0 saturated carbocycles. The molecule has 17 heavy (non-hydrogen) atoms. The van der Waals surface area contributed by atoms with Crippen molar-refractivity contribution in [1.29, 1.82) is 0 Å². The third-order valence-corrected chi connectivity index (χ3v) is 3.57. The van der Waals surface area contributed by atoms with E-state index in [4.69, 9.17) is 10.2 Å². The lowest BCUT2D eigenvalue weighted by Gasteiger charge is -2.11. The maximum absolute atomic E-state index is 13.0. The highest BCUT2D eigenvalue weighted by molar-refractivity contribution is 14.1. The molecule has 1 atom stereocenters. The second kappa shape index (κ2) is 5.18. The molecule has 2 N–H and O–H groups in total. The first-order valence-electron chi connectivity index (χ1n) is 5.41. The first kappa shape index (κ1) is 12.6. The summed E-state index contributed by atoms with van der Waals surface area (Å²) in [5.41, 5.74) is 6.99. The van der Waals surface area contributed by atoms with Crippen LogP contribution in [0.3, 0.4) is 0 Å². The van der Waals surface area contributed by atoms with Crippen molar-refractivity contribution in [3.05, 3.63) is 56.8 Å². The Balaban J connectivity index is 2.33. The summed E-state index contributed by atoms with van der Waals surface area (Å²) in [6, 6.07) is 8.05. The minimum absolute atomic E-state index is 0.251. The van der Waals surface area contributed by atoms with Gasteiger partial charge in [-0.05, 0) is 52.4 Å². The molecule has 0 aliphatic heterocycles. The highest BCUT2D eigenvalue weighted by atomic mass is 127. The van der Waals surface area contributed by atoms with Gasteiger partial charge in [-0.2, -0.15) is 0 Å². The zero-order valence-corrected chi connectivity index (χ0v) is 11.6. The molecule has 0 saturated heterocycles. The van der Waals surface area contributed by atoms with Crippen LogP contribution in [0.25, 0.3) is 0 Å². The zero-order valence-electron chi connectivity index (χ0n) is 9.41. The van der Waals surface area contributed by atoms with E-state index < -0.39 is 0 Å². The second-order valence-corrected chi connectivity index (χ2v) is 4.96. The summed E-state index contributed by atoms with van der Waals surface area (Å²) in [6.45, 7) is 2.02. The maximum atomic E-state index is 13.0. The monoisotopic (exact) mass is 345 g/mol. The van der Waals surface area contributed by atoms with Crippen molar-refractivity contribution in [2.45, 2.75) is 19.4 Å². The van der Waals surface area contributed by atoms with Crippen LogP contribution in [-0.4, -0.2) is 0 Å². The SMILES string of the molecule is CCc1ccc(C(N)c2ccc(F)cc2I)o1. The predicted molar refractivity (Wildman–Crippen MR) is 73.2 cm³/mol. The van der Waals surface area contributed by atoms with Crippen LogP contribution in [0, 0.1) is 9.39 Å². The van der Waals surface area contributed by atoms with Gasteiger partial charge in [-0.25, -0.2) is 4.39 Å². The fourth-order valence-corrected chi connectivity index (χ4v) is 2.47. The molecule has 1 aromatic heterocycles. The summed E-state index contributed by atoms with van der Waals surface area (Å²) < 4.78 is 19.4. The van der Waals surface area contributed by atoms with Crippen molar-refractivity contribution >= 4 is 22.6 Å². The zero-order chi connectivity index (χ0) is 12.4. The van der Waals surface area contributed by atoms with Gasteiger partial charge in [0.25, 0.3) is 0 Å². The lowest BCUT2D eigenvalue weighted by atomic mass is 10.1. The first-order chi connectivity index (χ1) is 8.11. The Labute approximate surface area is 113 Å². The third kappa shape index (κ3) is 2.69. The van der Waals surface area contributed by atoms with Gasteiger partial charge in [0.2, 0.25) is 0 Å². The largest absolute Gasteiger partial charge is 0.464 e. The number of nitrogens with two attached hydrogens (primary N) is 1. The van der Waals surface area contributed by atoms with Crippen molar-refractivity contribution in [2.75, 3.05) is 0 Å². The molecule has 1 aromatic carbocycles. The van der Waals surface area contributed by atoms with E-state index in [1.165, 1.54) is 12.1 Å². The van der Waals surface area contributed by atoms with Gasteiger partial charge in [0.15, 0.2) is 0 Å². The molecule has 0 fully saturated rings. The van der Waals surface area contributed by atoms with Crippen molar-refractivity contribution in [3.63, 3.8) is 0 Å².